The van der Waals surface area contributed by atoms with Crippen LogP contribution in [0.3, 0.4) is 0 Å². The van der Waals surface area contributed by atoms with Crippen LogP contribution in [-0.4, -0.2) is 56.8 Å². The normalized spacial score (nSPS) is 19.2. The molecule has 2 N–H and O–H groups in total. The molecule has 3 aromatic rings. The zero-order valence-electron chi connectivity index (χ0n) is 19.2. The van der Waals surface area contributed by atoms with Crippen molar-refractivity contribution < 1.29 is 9.53 Å². The summed E-state index contributed by atoms with van der Waals surface area (Å²) in [6.07, 6.45) is 9.41. The van der Waals surface area contributed by atoms with Gasteiger partial charge < -0.3 is 20.3 Å². The van der Waals surface area contributed by atoms with Gasteiger partial charge in [0.25, 0.3) is 5.91 Å². The molecule has 0 atom stereocenters. The Morgan fingerprint density at radius 3 is 2.60 bits per heavy atom. The molecule has 1 spiro atoms. The number of carbonyl (C=O) groups is 1. The van der Waals surface area contributed by atoms with E-state index in [-0.39, 0.29) is 17.5 Å². The molecule has 2 aliphatic carbocycles. The Kier molecular flexibility index (Phi) is 5.58. The number of rotatable bonds is 7. The van der Waals surface area contributed by atoms with Crippen LogP contribution in [0.25, 0.3) is 0 Å². The quantitative estimate of drug-likeness (QED) is 0.468. The molecule has 9 nitrogen and oxygen atoms in total. The molecule has 1 saturated heterocycles. The van der Waals surface area contributed by atoms with Crippen molar-refractivity contribution in [3.05, 3.63) is 52.4 Å². The molecule has 3 fully saturated rings. The number of aromatic nitrogens is 4. The average molecular weight is 514 g/mol. The number of hydrogen-bond acceptors (Lipinski definition) is 7. The lowest BCUT2D eigenvalue weighted by molar-refractivity contribution is -0.0786. The smallest absolute Gasteiger partial charge is 0.262 e. The van der Waals surface area contributed by atoms with Crippen LogP contribution >= 0.6 is 23.2 Å². The van der Waals surface area contributed by atoms with Crippen molar-refractivity contribution in [1.29, 1.82) is 0 Å². The lowest BCUT2D eigenvalue weighted by Gasteiger charge is -2.58. The zero-order valence-corrected chi connectivity index (χ0v) is 20.7. The van der Waals surface area contributed by atoms with Crippen LogP contribution in [0, 0.1) is 5.41 Å². The maximum absolute atomic E-state index is 13.0. The molecule has 0 bridgehead atoms. The molecule has 11 heteroatoms. The molecule has 3 aliphatic rings. The highest BCUT2D eigenvalue weighted by Crippen LogP contribution is 2.53. The second-order valence-corrected chi connectivity index (χ2v) is 10.7. The molecular formula is C24H25Cl2N7O2. The van der Waals surface area contributed by atoms with E-state index in [2.05, 4.69) is 37.6 Å². The molecule has 35 heavy (non-hydrogen) atoms. The summed E-state index contributed by atoms with van der Waals surface area (Å²) < 4.78 is 7.95. The topological polar surface area (TPSA) is 97.2 Å². The summed E-state index contributed by atoms with van der Waals surface area (Å²) in [5, 5.41) is 11.1. The number of amides is 1. The predicted molar refractivity (Wildman–Crippen MR) is 134 cm³/mol. The van der Waals surface area contributed by atoms with E-state index < -0.39 is 5.91 Å². The number of benzene rings is 1. The van der Waals surface area contributed by atoms with E-state index in [9.17, 15) is 4.79 Å². The summed E-state index contributed by atoms with van der Waals surface area (Å²) in [4.78, 5) is 24.2. The third kappa shape index (κ3) is 4.55. The van der Waals surface area contributed by atoms with Gasteiger partial charge in [0.1, 0.15) is 11.7 Å². The van der Waals surface area contributed by atoms with E-state index in [0.29, 0.717) is 33.1 Å². The molecular weight excluding hydrogens is 489 g/mol. The van der Waals surface area contributed by atoms with Gasteiger partial charge in [-0.15, -0.1) is 0 Å². The number of anilines is 3. The number of nitrogens with one attached hydrogen (secondary N) is 2. The van der Waals surface area contributed by atoms with Crippen molar-refractivity contribution >= 4 is 46.4 Å². The van der Waals surface area contributed by atoms with Crippen LogP contribution in [0.1, 0.15) is 42.1 Å². The zero-order chi connectivity index (χ0) is 24.2. The van der Waals surface area contributed by atoms with Gasteiger partial charge >= 0.3 is 0 Å². The van der Waals surface area contributed by atoms with Crippen molar-refractivity contribution in [2.75, 3.05) is 30.8 Å². The van der Waals surface area contributed by atoms with E-state index in [0.717, 1.165) is 31.4 Å². The van der Waals surface area contributed by atoms with Crippen molar-refractivity contribution in [2.24, 2.45) is 5.41 Å². The molecule has 182 valence electrons. The third-order valence-corrected chi connectivity index (χ3v) is 7.41. The van der Waals surface area contributed by atoms with Crippen LogP contribution in [0.5, 0.6) is 5.88 Å². The van der Waals surface area contributed by atoms with E-state index in [1.165, 1.54) is 19.3 Å². The summed E-state index contributed by atoms with van der Waals surface area (Å²) in [6.45, 7) is 2.35. The van der Waals surface area contributed by atoms with Crippen LogP contribution in [0.4, 0.5) is 17.3 Å². The van der Waals surface area contributed by atoms with E-state index in [1.54, 1.807) is 24.4 Å². The molecule has 0 unspecified atom stereocenters. The minimum absolute atomic E-state index is 0.0486. The minimum atomic E-state index is -0.449. The Balaban J connectivity index is 1.17. The second kappa shape index (κ2) is 8.65. The Morgan fingerprint density at radius 2 is 1.91 bits per heavy atom. The molecule has 2 aromatic heterocycles. The van der Waals surface area contributed by atoms with Crippen LogP contribution < -0.4 is 15.4 Å². The Hall–Kier alpha value is -2.88. The van der Waals surface area contributed by atoms with Gasteiger partial charge in [0.15, 0.2) is 0 Å². The van der Waals surface area contributed by atoms with Crippen molar-refractivity contribution in [3.63, 3.8) is 0 Å². The van der Waals surface area contributed by atoms with E-state index in [4.69, 9.17) is 27.9 Å². The summed E-state index contributed by atoms with van der Waals surface area (Å²) in [5.74, 6) is 0.0990. The number of hydrogen-bond donors (Lipinski definition) is 2. The Labute approximate surface area is 212 Å². The van der Waals surface area contributed by atoms with Gasteiger partial charge in [-0.25, -0.2) is 4.98 Å². The van der Waals surface area contributed by atoms with Crippen molar-refractivity contribution in [2.45, 2.75) is 37.8 Å². The standard InChI is InChI=1S/C24H25Cl2N7O2/c1-32-12-24(13-32)7-15(8-24)33-11-14(9-28-33)29-23-27-10-17(22(31-23)35-16-5-6-16)21(34)30-20-18(25)3-2-4-19(20)26/h2-4,9-11,15-16H,5-8,12-13H2,1H3,(H,30,34)(H,27,29,31). The Bertz CT molecular complexity index is 1260. The van der Waals surface area contributed by atoms with E-state index >= 15 is 0 Å². The second-order valence-electron chi connectivity index (χ2n) is 9.85. The summed E-state index contributed by atoms with van der Waals surface area (Å²) in [7, 11) is 2.16. The number of nitrogens with zero attached hydrogens (tertiary/aromatic N) is 5. The fraction of sp³-hybridized carbons (Fsp3) is 0.417. The predicted octanol–water partition coefficient (Wildman–Crippen LogP) is 4.78. The number of halogens is 2. The molecule has 1 aromatic carbocycles. The van der Waals surface area contributed by atoms with E-state index in [1.807, 2.05) is 10.9 Å². The first-order valence-corrected chi connectivity index (χ1v) is 12.4. The molecule has 2 saturated carbocycles. The van der Waals surface area contributed by atoms with Gasteiger partial charge in [0.2, 0.25) is 11.8 Å². The van der Waals surface area contributed by atoms with Gasteiger partial charge in [0.05, 0.1) is 33.7 Å². The minimum Gasteiger partial charge on any atom is -0.474 e. The lowest BCUT2D eigenvalue weighted by Crippen LogP contribution is -2.60. The number of para-hydroxylation sites is 1. The summed E-state index contributed by atoms with van der Waals surface area (Å²) in [6, 6.07) is 5.45. The Morgan fingerprint density at radius 1 is 1.17 bits per heavy atom. The molecule has 1 aliphatic heterocycles. The highest BCUT2D eigenvalue weighted by Gasteiger charge is 2.51. The summed E-state index contributed by atoms with van der Waals surface area (Å²) in [5.41, 5.74) is 1.81. The highest BCUT2D eigenvalue weighted by atomic mass is 35.5. The average Bonchev–Trinajstić information content (AvgIpc) is 3.48. The highest BCUT2D eigenvalue weighted by molar-refractivity contribution is 6.40. The van der Waals surface area contributed by atoms with Gasteiger partial charge in [-0.2, -0.15) is 10.1 Å². The fourth-order valence-corrected chi connectivity index (χ4v) is 5.52. The lowest BCUT2D eigenvalue weighted by atomic mass is 9.61. The van der Waals surface area contributed by atoms with Gasteiger partial charge in [-0.3, -0.25) is 9.48 Å². The summed E-state index contributed by atoms with van der Waals surface area (Å²) >= 11 is 12.4. The van der Waals surface area contributed by atoms with Crippen LogP contribution in [0.2, 0.25) is 10.0 Å². The van der Waals surface area contributed by atoms with Crippen LogP contribution in [-0.2, 0) is 0 Å². The number of likely N-dealkylation sites (tertiary alicyclic amines) is 1. The van der Waals surface area contributed by atoms with Crippen molar-refractivity contribution in [3.8, 4) is 5.88 Å². The largest absolute Gasteiger partial charge is 0.474 e. The first kappa shape index (κ1) is 22.6. The first-order chi connectivity index (χ1) is 16.9. The van der Waals surface area contributed by atoms with Gasteiger partial charge in [0, 0.05) is 25.5 Å². The molecule has 1 amide bonds. The monoisotopic (exact) mass is 513 g/mol. The molecule has 0 radical (unpaired) electrons. The van der Waals surface area contributed by atoms with Gasteiger partial charge in [-0.05, 0) is 50.3 Å². The fourth-order valence-electron chi connectivity index (χ4n) is 5.03. The SMILES string of the molecule is CN1CC2(CC(n3cc(Nc4ncc(C(=O)Nc5c(Cl)cccc5Cl)c(OC5CC5)n4)cn3)C2)C1. The molecule has 3 heterocycles. The third-order valence-electron chi connectivity index (χ3n) is 6.78. The maximum atomic E-state index is 13.0. The molecule has 6 rings (SSSR count). The number of ether oxygens (including phenoxy) is 1. The van der Waals surface area contributed by atoms with Crippen LogP contribution in [0.15, 0.2) is 36.8 Å². The number of carbonyl (C=O) groups excluding carboxylic acids is 1. The van der Waals surface area contributed by atoms with Crippen molar-refractivity contribution in [1.82, 2.24) is 24.6 Å². The van der Waals surface area contributed by atoms with Gasteiger partial charge in [-0.1, -0.05) is 29.3 Å². The maximum Gasteiger partial charge on any atom is 0.262 e. The first-order valence-electron chi connectivity index (χ1n) is 11.7.